The number of alkyl carbamates (subject to hydrolysis) is 1. The quantitative estimate of drug-likeness (QED) is 0.196. The Balaban J connectivity index is 2.08. The van der Waals surface area contributed by atoms with Crippen molar-refractivity contribution in [2.75, 3.05) is 11.9 Å². The Morgan fingerprint density at radius 1 is 0.953 bits per heavy atom. The predicted molar refractivity (Wildman–Crippen MR) is 167 cm³/mol. The number of anilines is 1. The van der Waals surface area contributed by atoms with Crippen molar-refractivity contribution >= 4 is 35.2 Å². The molecule has 230 valence electrons. The lowest BCUT2D eigenvalue weighted by molar-refractivity contribution is -0.140. The molecule has 3 rings (SSSR count). The number of phenolic OH excluding ortho intramolecular Hbond substituents is 2. The first kappa shape index (κ1) is 33.3. The molecule has 0 aromatic heterocycles. The number of carbonyl (C=O) groups is 3. The average molecular weight is 610 g/mol. The van der Waals surface area contributed by atoms with Crippen LogP contribution in [0, 0.1) is 6.92 Å². The third-order valence-corrected chi connectivity index (χ3v) is 6.95. The Morgan fingerprint density at radius 2 is 1.56 bits per heavy atom. The van der Waals surface area contributed by atoms with Gasteiger partial charge in [-0.05, 0) is 81.1 Å². The molecule has 0 radical (unpaired) electrons. The SMILES string of the molecule is CCCCN(C(=O)C(Cc1ccc(O)cc1)NC(=O)OC(C)(C)C)C(C(=O)Nc1c(C)cccc1Cl)c1ccc(O)cc1. The number of hydrogen-bond acceptors (Lipinski definition) is 6. The number of benzene rings is 3. The normalized spacial score (nSPS) is 12.6. The van der Waals surface area contributed by atoms with Crippen molar-refractivity contribution in [2.45, 2.75) is 71.6 Å². The highest BCUT2D eigenvalue weighted by atomic mass is 35.5. The molecule has 0 aliphatic rings. The molecule has 9 nitrogen and oxygen atoms in total. The Labute approximate surface area is 257 Å². The molecule has 3 amide bonds. The Bertz CT molecular complexity index is 1380. The van der Waals surface area contributed by atoms with Crippen molar-refractivity contribution in [2.24, 2.45) is 0 Å². The van der Waals surface area contributed by atoms with Crippen LogP contribution in [0.3, 0.4) is 0 Å². The fourth-order valence-electron chi connectivity index (χ4n) is 4.52. The van der Waals surface area contributed by atoms with Gasteiger partial charge in [0.15, 0.2) is 0 Å². The van der Waals surface area contributed by atoms with Crippen LogP contribution in [-0.4, -0.2) is 51.2 Å². The summed E-state index contributed by atoms with van der Waals surface area (Å²) >= 11 is 6.43. The van der Waals surface area contributed by atoms with Crippen molar-refractivity contribution < 1.29 is 29.3 Å². The average Bonchev–Trinajstić information content (AvgIpc) is 2.93. The number of nitrogens with one attached hydrogen (secondary N) is 2. The van der Waals surface area contributed by atoms with Gasteiger partial charge in [-0.25, -0.2) is 4.79 Å². The Morgan fingerprint density at radius 3 is 2.12 bits per heavy atom. The van der Waals surface area contributed by atoms with Gasteiger partial charge in [0.05, 0.1) is 10.7 Å². The number of unbranched alkanes of at least 4 members (excludes halogenated alkanes) is 1. The summed E-state index contributed by atoms with van der Waals surface area (Å²) in [5, 5.41) is 25.7. The summed E-state index contributed by atoms with van der Waals surface area (Å²) in [6.45, 7) is 9.15. The molecule has 10 heteroatoms. The number of hydrogen-bond donors (Lipinski definition) is 4. The van der Waals surface area contributed by atoms with E-state index < -0.39 is 35.6 Å². The number of para-hydroxylation sites is 1. The van der Waals surface area contributed by atoms with Crippen LogP contribution in [0.4, 0.5) is 10.5 Å². The molecule has 0 aliphatic carbocycles. The number of aromatic hydroxyl groups is 2. The first-order valence-corrected chi connectivity index (χ1v) is 14.6. The third-order valence-electron chi connectivity index (χ3n) is 6.64. The second-order valence-corrected chi connectivity index (χ2v) is 11.8. The molecule has 0 bridgehead atoms. The molecule has 2 atom stereocenters. The molecule has 0 saturated carbocycles. The third kappa shape index (κ3) is 9.64. The number of carbonyl (C=O) groups excluding carboxylic acids is 3. The maximum Gasteiger partial charge on any atom is 0.408 e. The maximum atomic E-state index is 14.4. The van der Waals surface area contributed by atoms with E-state index in [1.807, 2.05) is 19.9 Å². The molecule has 3 aromatic carbocycles. The van der Waals surface area contributed by atoms with Crippen molar-refractivity contribution in [3.8, 4) is 11.5 Å². The highest BCUT2D eigenvalue weighted by molar-refractivity contribution is 6.34. The van der Waals surface area contributed by atoms with E-state index in [0.717, 1.165) is 12.0 Å². The van der Waals surface area contributed by atoms with E-state index in [1.54, 1.807) is 57.2 Å². The van der Waals surface area contributed by atoms with Crippen molar-refractivity contribution in [1.82, 2.24) is 10.2 Å². The zero-order chi connectivity index (χ0) is 31.7. The van der Waals surface area contributed by atoms with Gasteiger partial charge in [-0.3, -0.25) is 9.59 Å². The van der Waals surface area contributed by atoms with E-state index in [9.17, 15) is 24.6 Å². The molecule has 43 heavy (non-hydrogen) atoms. The van der Waals surface area contributed by atoms with Gasteiger partial charge in [-0.15, -0.1) is 0 Å². The number of phenols is 2. The largest absolute Gasteiger partial charge is 0.508 e. The summed E-state index contributed by atoms with van der Waals surface area (Å²) in [6, 6.07) is 15.4. The molecule has 3 aromatic rings. The van der Waals surface area contributed by atoms with Crippen LogP contribution >= 0.6 is 11.6 Å². The van der Waals surface area contributed by atoms with Crippen LogP contribution in [0.25, 0.3) is 0 Å². The summed E-state index contributed by atoms with van der Waals surface area (Å²) in [6.07, 6.45) is 0.614. The zero-order valence-electron chi connectivity index (χ0n) is 25.2. The molecule has 0 saturated heterocycles. The second-order valence-electron chi connectivity index (χ2n) is 11.4. The first-order valence-electron chi connectivity index (χ1n) is 14.2. The van der Waals surface area contributed by atoms with Crippen LogP contribution in [0.5, 0.6) is 11.5 Å². The fourth-order valence-corrected chi connectivity index (χ4v) is 4.79. The van der Waals surface area contributed by atoms with Crippen LogP contribution in [0.2, 0.25) is 5.02 Å². The molecule has 0 spiro atoms. The molecule has 0 heterocycles. The molecule has 0 aliphatic heterocycles. The van der Waals surface area contributed by atoms with E-state index in [-0.39, 0.29) is 24.5 Å². The smallest absolute Gasteiger partial charge is 0.408 e. The van der Waals surface area contributed by atoms with Gasteiger partial charge < -0.3 is 30.5 Å². The summed E-state index contributed by atoms with van der Waals surface area (Å²) in [7, 11) is 0. The zero-order valence-corrected chi connectivity index (χ0v) is 25.9. The summed E-state index contributed by atoms with van der Waals surface area (Å²) in [5.74, 6) is -0.938. The highest BCUT2D eigenvalue weighted by Crippen LogP contribution is 2.30. The van der Waals surface area contributed by atoms with Crippen LogP contribution < -0.4 is 10.6 Å². The number of rotatable bonds is 11. The number of aryl methyl sites for hydroxylation is 1. The molecule has 2 unspecified atom stereocenters. The van der Waals surface area contributed by atoms with Gasteiger partial charge in [-0.2, -0.15) is 0 Å². The molecular weight excluding hydrogens is 570 g/mol. The molecular formula is C33H40ClN3O6. The van der Waals surface area contributed by atoms with Gasteiger partial charge >= 0.3 is 6.09 Å². The van der Waals surface area contributed by atoms with Gasteiger partial charge in [0.25, 0.3) is 5.91 Å². The minimum atomic E-state index is -1.13. The van der Waals surface area contributed by atoms with Crippen LogP contribution in [0.1, 0.15) is 63.3 Å². The predicted octanol–water partition coefficient (Wildman–Crippen LogP) is 6.50. The van der Waals surface area contributed by atoms with Crippen molar-refractivity contribution in [1.29, 1.82) is 0 Å². The summed E-state index contributed by atoms with van der Waals surface area (Å²) in [4.78, 5) is 42.9. The number of nitrogens with zero attached hydrogens (tertiary/aromatic N) is 1. The maximum absolute atomic E-state index is 14.4. The Kier molecular flexibility index (Phi) is 11.4. The van der Waals surface area contributed by atoms with E-state index >= 15 is 0 Å². The van der Waals surface area contributed by atoms with E-state index in [0.29, 0.717) is 28.3 Å². The molecule has 4 N–H and O–H groups in total. The van der Waals surface area contributed by atoms with E-state index in [4.69, 9.17) is 16.3 Å². The van der Waals surface area contributed by atoms with Gasteiger partial charge in [-0.1, -0.05) is 61.3 Å². The van der Waals surface area contributed by atoms with Gasteiger partial charge in [0.1, 0.15) is 29.2 Å². The lowest BCUT2D eigenvalue weighted by Crippen LogP contribution is -2.53. The van der Waals surface area contributed by atoms with Gasteiger partial charge in [0.2, 0.25) is 5.91 Å². The lowest BCUT2D eigenvalue weighted by Gasteiger charge is -2.35. The number of halogens is 1. The number of ether oxygens (including phenoxy) is 1. The van der Waals surface area contributed by atoms with E-state index in [1.165, 1.54) is 29.2 Å². The molecule has 0 fully saturated rings. The topological polar surface area (TPSA) is 128 Å². The second kappa shape index (κ2) is 14.8. The fraction of sp³-hybridized carbons (Fsp3) is 0.364. The lowest BCUT2D eigenvalue weighted by atomic mass is 9.99. The summed E-state index contributed by atoms with van der Waals surface area (Å²) < 4.78 is 5.46. The van der Waals surface area contributed by atoms with E-state index in [2.05, 4.69) is 10.6 Å². The van der Waals surface area contributed by atoms with Crippen LogP contribution in [0.15, 0.2) is 66.7 Å². The van der Waals surface area contributed by atoms with Crippen molar-refractivity contribution in [3.63, 3.8) is 0 Å². The first-order chi connectivity index (χ1) is 20.3. The Hall–Kier alpha value is -4.24. The summed E-state index contributed by atoms with van der Waals surface area (Å²) in [5.41, 5.74) is 1.51. The monoisotopic (exact) mass is 609 g/mol. The van der Waals surface area contributed by atoms with Gasteiger partial charge in [0, 0.05) is 13.0 Å². The van der Waals surface area contributed by atoms with Crippen LogP contribution in [-0.2, 0) is 20.7 Å². The standard InChI is InChI=1S/C33H40ClN3O6/c1-6-7-19-37(31(41)27(35-32(42)43-33(3,4)5)20-22-11-15-24(38)16-12-22)29(23-13-17-25(39)18-14-23)30(40)36-28-21(2)9-8-10-26(28)34/h8-18,27,29,38-39H,6-7,19-20H2,1-5H3,(H,35,42)(H,36,40). The van der Waals surface area contributed by atoms with Crippen molar-refractivity contribution in [3.05, 3.63) is 88.4 Å². The highest BCUT2D eigenvalue weighted by Gasteiger charge is 2.36. The minimum absolute atomic E-state index is 0.00749. The minimum Gasteiger partial charge on any atom is -0.508 e. The number of amides is 3.